The van der Waals surface area contributed by atoms with Crippen molar-refractivity contribution in [2.75, 3.05) is 11.0 Å². The molecule has 0 saturated carbocycles. The van der Waals surface area contributed by atoms with Crippen molar-refractivity contribution >= 4 is 31.8 Å². The number of primary sulfonamides is 1. The van der Waals surface area contributed by atoms with E-state index < -0.39 is 20.0 Å². The zero-order valence-corrected chi connectivity index (χ0v) is 10.6. The summed E-state index contributed by atoms with van der Waals surface area (Å²) in [7, 11) is -6.96. The van der Waals surface area contributed by atoms with Crippen molar-refractivity contribution < 1.29 is 16.8 Å². The molecule has 0 aliphatic rings. The SMILES string of the molecule is CS(=O)(=O)Nc1ccc(/C=C/S(N)(=O)=O)cc1. The Bertz CT molecular complexity index is 615. The molecule has 0 spiro atoms. The fourth-order valence-corrected chi connectivity index (χ4v) is 1.96. The van der Waals surface area contributed by atoms with Crippen molar-refractivity contribution in [3.63, 3.8) is 0 Å². The summed E-state index contributed by atoms with van der Waals surface area (Å²) in [5, 5.41) is 5.66. The Morgan fingerprint density at radius 3 is 2.06 bits per heavy atom. The first-order valence-corrected chi connectivity index (χ1v) is 7.94. The van der Waals surface area contributed by atoms with Gasteiger partial charge in [0, 0.05) is 11.1 Å². The van der Waals surface area contributed by atoms with Crippen molar-refractivity contribution in [3.8, 4) is 0 Å². The van der Waals surface area contributed by atoms with Gasteiger partial charge in [-0.25, -0.2) is 22.0 Å². The third kappa shape index (κ3) is 6.05. The summed E-state index contributed by atoms with van der Waals surface area (Å²) < 4.78 is 45.4. The van der Waals surface area contributed by atoms with Crippen LogP contribution in [0.15, 0.2) is 29.7 Å². The van der Waals surface area contributed by atoms with E-state index >= 15 is 0 Å². The van der Waals surface area contributed by atoms with Crippen molar-refractivity contribution in [2.24, 2.45) is 5.14 Å². The number of sulfonamides is 2. The van der Waals surface area contributed by atoms with Crippen LogP contribution >= 0.6 is 0 Å². The average molecular weight is 276 g/mol. The molecule has 0 radical (unpaired) electrons. The molecule has 0 unspecified atom stereocenters. The lowest BCUT2D eigenvalue weighted by Crippen LogP contribution is -2.09. The Kier molecular flexibility index (Phi) is 3.91. The minimum absolute atomic E-state index is 0.403. The van der Waals surface area contributed by atoms with Gasteiger partial charge < -0.3 is 0 Å². The van der Waals surface area contributed by atoms with E-state index in [0.29, 0.717) is 11.3 Å². The number of hydrogen-bond acceptors (Lipinski definition) is 4. The summed E-state index contributed by atoms with van der Waals surface area (Å²) in [6, 6.07) is 6.16. The summed E-state index contributed by atoms with van der Waals surface area (Å²) in [6.45, 7) is 0. The number of nitrogens with one attached hydrogen (secondary N) is 1. The molecule has 0 aliphatic carbocycles. The normalized spacial score (nSPS) is 12.8. The molecule has 0 bridgehead atoms. The van der Waals surface area contributed by atoms with Gasteiger partial charge in [0.25, 0.3) is 0 Å². The van der Waals surface area contributed by atoms with E-state index in [-0.39, 0.29) is 0 Å². The van der Waals surface area contributed by atoms with Gasteiger partial charge in [-0.3, -0.25) is 4.72 Å². The van der Waals surface area contributed by atoms with E-state index in [0.717, 1.165) is 11.7 Å². The summed E-state index contributed by atoms with van der Waals surface area (Å²) in [6.07, 6.45) is 2.36. The molecule has 0 atom stereocenters. The van der Waals surface area contributed by atoms with E-state index in [2.05, 4.69) is 4.72 Å². The highest BCUT2D eigenvalue weighted by Gasteiger charge is 2.00. The maximum absolute atomic E-state index is 10.9. The molecule has 1 aromatic rings. The number of rotatable bonds is 4. The first-order chi connectivity index (χ1) is 7.66. The second-order valence-electron chi connectivity index (χ2n) is 3.39. The highest BCUT2D eigenvalue weighted by atomic mass is 32.2. The fraction of sp³-hybridized carbons (Fsp3) is 0.111. The van der Waals surface area contributed by atoms with Crippen LogP contribution in [-0.2, 0) is 20.0 Å². The molecule has 0 aliphatic heterocycles. The predicted octanol–water partition coefficient (Wildman–Crippen LogP) is 0.317. The number of hydrogen-bond donors (Lipinski definition) is 2. The molecule has 8 heteroatoms. The Labute approximate surface area is 100 Å². The van der Waals surface area contributed by atoms with Gasteiger partial charge in [0.2, 0.25) is 20.0 Å². The zero-order valence-electron chi connectivity index (χ0n) is 8.99. The molecular weight excluding hydrogens is 264 g/mol. The van der Waals surface area contributed by atoms with Crippen molar-refractivity contribution in [2.45, 2.75) is 0 Å². The van der Waals surface area contributed by atoms with Crippen LogP contribution in [-0.4, -0.2) is 23.1 Å². The summed E-state index contributed by atoms with van der Waals surface area (Å²) in [5.74, 6) is 0. The van der Waals surface area contributed by atoms with Gasteiger partial charge in [0.1, 0.15) is 0 Å². The standard InChI is InChI=1S/C9H12N2O4S2/c1-16(12,13)11-9-4-2-8(3-5-9)6-7-17(10,14)15/h2-7,11H,1H3,(H2,10,14,15)/b7-6+. The first kappa shape index (κ1) is 13.7. The Hall–Kier alpha value is -1.38. The van der Waals surface area contributed by atoms with Gasteiger partial charge >= 0.3 is 0 Å². The highest BCUT2D eigenvalue weighted by molar-refractivity contribution is 7.92. The molecular formula is C9H12N2O4S2. The van der Waals surface area contributed by atoms with Crippen LogP contribution < -0.4 is 9.86 Å². The zero-order chi connectivity index (χ0) is 13.1. The maximum Gasteiger partial charge on any atom is 0.231 e. The van der Waals surface area contributed by atoms with Gasteiger partial charge in [-0.05, 0) is 23.8 Å². The first-order valence-electron chi connectivity index (χ1n) is 4.44. The van der Waals surface area contributed by atoms with Crippen LogP contribution in [0.3, 0.4) is 0 Å². The Morgan fingerprint density at radius 2 is 1.65 bits per heavy atom. The highest BCUT2D eigenvalue weighted by Crippen LogP contribution is 2.12. The second kappa shape index (κ2) is 4.86. The van der Waals surface area contributed by atoms with Crippen LogP contribution in [0, 0.1) is 0 Å². The van der Waals surface area contributed by atoms with Crippen LogP contribution in [0.2, 0.25) is 0 Å². The van der Waals surface area contributed by atoms with Crippen LogP contribution in [0.25, 0.3) is 6.08 Å². The third-order valence-corrected chi connectivity index (χ3v) is 2.79. The number of nitrogens with two attached hydrogens (primary N) is 1. The van der Waals surface area contributed by atoms with E-state index in [1.807, 2.05) is 0 Å². The lowest BCUT2D eigenvalue weighted by atomic mass is 10.2. The summed E-state index contributed by atoms with van der Waals surface area (Å²) in [4.78, 5) is 0. The molecule has 17 heavy (non-hydrogen) atoms. The number of anilines is 1. The molecule has 0 heterocycles. The smallest absolute Gasteiger partial charge is 0.231 e. The lowest BCUT2D eigenvalue weighted by molar-refractivity contribution is 0.605. The largest absolute Gasteiger partial charge is 0.284 e. The summed E-state index contributed by atoms with van der Waals surface area (Å²) in [5.41, 5.74) is 0.998. The van der Waals surface area contributed by atoms with E-state index in [1.165, 1.54) is 18.2 Å². The predicted molar refractivity (Wildman–Crippen MR) is 67.0 cm³/mol. The van der Waals surface area contributed by atoms with E-state index in [1.54, 1.807) is 12.1 Å². The van der Waals surface area contributed by atoms with E-state index in [9.17, 15) is 16.8 Å². The molecule has 1 aromatic carbocycles. The summed E-state index contributed by atoms with van der Waals surface area (Å²) >= 11 is 0. The Balaban J connectivity index is 2.86. The minimum Gasteiger partial charge on any atom is -0.284 e. The van der Waals surface area contributed by atoms with Crippen LogP contribution in [0.4, 0.5) is 5.69 Å². The van der Waals surface area contributed by atoms with Crippen molar-refractivity contribution in [1.82, 2.24) is 0 Å². The second-order valence-corrected chi connectivity index (χ2v) is 6.59. The molecule has 0 amide bonds. The minimum atomic E-state index is -3.65. The van der Waals surface area contributed by atoms with Crippen LogP contribution in [0.1, 0.15) is 5.56 Å². The fourth-order valence-electron chi connectivity index (χ4n) is 1.05. The quantitative estimate of drug-likeness (QED) is 0.825. The molecule has 0 fully saturated rings. The van der Waals surface area contributed by atoms with Gasteiger partial charge in [-0.2, -0.15) is 0 Å². The van der Waals surface area contributed by atoms with Crippen LogP contribution in [0.5, 0.6) is 0 Å². The Morgan fingerprint density at radius 1 is 1.12 bits per heavy atom. The molecule has 0 aromatic heterocycles. The van der Waals surface area contributed by atoms with Gasteiger partial charge in [-0.15, -0.1) is 0 Å². The van der Waals surface area contributed by atoms with Gasteiger partial charge in [0.05, 0.1) is 6.26 Å². The molecule has 1 rings (SSSR count). The van der Waals surface area contributed by atoms with Gasteiger partial charge in [0.15, 0.2) is 0 Å². The lowest BCUT2D eigenvalue weighted by Gasteiger charge is -2.03. The third-order valence-electron chi connectivity index (χ3n) is 1.66. The monoisotopic (exact) mass is 276 g/mol. The molecule has 3 N–H and O–H groups in total. The maximum atomic E-state index is 10.9. The number of benzene rings is 1. The topological polar surface area (TPSA) is 106 Å². The van der Waals surface area contributed by atoms with Gasteiger partial charge in [-0.1, -0.05) is 12.1 Å². The molecule has 6 nitrogen and oxygen atoms in total. The van der Waals surface area contributed by atoms with E-state index in [4.69, 9.17) is 5.14 Å². The van der Waals surface area contributed by atoms with Crippen molar-refractivity contribution in [1.29, 1.82) is 0 Å². The molecule has 0 saturated heterocycles. The average Bonchev–Trinajstić information content (AvgIpc) is 2.13. The van der Waals surface area contributed by atoms with Crippen molar-refractivity contribution in [3.05, 3.63) is 35.2 Å². The molecule has 94 valence electrons.